The van der Waals surface area contributed by atoms with Gasteiger partial charge in [0.25, 0.3) is 10.0 Å². The van der Waals surface area contributed by atoms with Crippen LogP contribution < -0.4 is 19.1 Å². The topological polar surface area (TPSA) is 84.9 Å². The molecule has 0 spiro atoms. The molecule has 4 rings (SSSR count). The van der Waals surface area contributed by atoms with Crippen LogP contribution in [0.5, 0.6) is 11.5 Å². The second-order valence-corrected chi connectivity index (χ2v) is 10.6. The van der Waals surface area contributed by atoms with Crippen LogP contribution in [0.15, 0.2) is 47.4 Å². The smallest absolute Gasteiger partial charge is 0.264 e. The summed E-state index contributed by atoms with van der Waals surface area (Å²) in [5.74, 6) is 1.66. The Morgan fingerprint density at radius 2 is 1.75 bits per heavy atom. The van der Waals surface area contributed by atoms with Gasteiger partial charge < -0.3 is 14.8 Å². The fraction of sp³-hybridized carbons (Fsp3) is 0.458. The van der Waals surface area contributed by atoms with E-state index < -0.39 is 10.0 Å². The number of hydrogen-bond acceptors (Lipinski definition) is 5. The van der Waals surface area contributed by atoms with Gasteiger partial charge in [0, 0.05) is 12.1 Å². The van der Waals surface area contributed by atoms with E-state index in [9.17, 15) is 13.2 Å². The molecule has 0 aliphatic heterocycles. The fourth-order valence-corrected chi connectivity index (χ4v) is 6.37. The number of benzene rings is 2. The number of methoxy groups -OCH3 is 2. The van der Waals surface area contributed by atoms with E-state index >= 15 is 0 Å². The molecule has 1 amide bonds. The van der Waals surface area contributed by atoms with Crippen LogP contribution in [0.3, 0.4) is 0 Å². The van der Waals surface area contributed by atoms with Crippen molar-refractivity contribution in [3.63, 3.8) is 0 Å². The lowest BCUT2D eigenvalue weighted by atomic mass is 9.95. The number of nitrogens with zero attached hydrogens (tertiary/aromatic N) is 1. The molecule has 172 valence electrons. The summed E-state index contributed by atoms with van der Waals surface area (Å²) in [6, 6.07) is 11.7. The monoisotopic (exact) mass is 458 g/mol. The summed E-state index contributed by atoms with van der Waals surface area (Å²) in [5, 5.41) is 3.10. The van der Waals surface area contributed by atoms with Crippen molar-refractivity contribution in [2.24, 2.45) is 11.8 Å². The largest absolute Gasteiger partial charge is 0.493 e. The van der Waals surface area contributed by atoms with Gasteiger partial charge >= 0.3 is 0 Å². The van der Waals surface area contributed by atoms with Crippen molar-refractivity contribution in [1.29, 1.82) is 0 Å². The van der Waals surface area contributed by atoms with Crippen LogP contribution in [-0.2, 0) is 14.8 Å². The SMILES string of the molecule is COc1ccc(S(=O)(=O)N(CC(=O)NC2C[C@@H]3CC[C@H]2C3)c2ccc(C)cc2)cc1OC. The molecule has 7 nitrogen and oxygen atoms in total. The summed E-state index contributed by atoms with van der Waals surface area (Å²) in [6.07, 6.45) is 4.53. The minimum atomic E-state index is -4.03. The molecule has 0 radical (unpaired) electrons. The number of hydrogen-bond donors (Lipinski definition) is 1. The molecule has 2 bridgehead atoms. The Bertz CT molecular complexity index is 1080. The van der Waals surface area contributed by atoms with E-state index in [1.807, 2.05) is 19.1 Å². The van der Waals surface area contributed by atoms with Crippen LogP contribution in [0.1, 0.15) is 31.2 Å². The highest BCUT2D eigenvalue weighted by Crippen LogP contribution is 2.44. The molecule has 8 heteroatoms. The number of fused-ring (bicyclic) bond motifs is 2. The second kappa shape index (κ2) is 9.02. The Morgan fingerprint density at radius 3 is 2.34 bits per heavy atom. The lowest BCUT2D eigenvalue weighted by Crippen LogP contribution is -2.46. The van der Waals surface area contributed by atoms with E-state index in [0.29, 0.717) is 29.0 Å². The quantitative estimate of drug-likeness (QED) is 0.654. The predicted molar refractivity (Wildman–Crippen MR) is 123 cm³/mol. The van der Waals surface area contributed by atoms with Crippen LogP contribution in [0.25, 0.3) is 0 Å². The summed E-state index contributed by atoms with van der Waals surface area (Å²) in [4.78, 5) is 13.0. The average Bonchev–Trinajstić information content (AvgIpc) is 3.41. The Morgan fingerprint density at radius 1 is 1.03 bits per heavy atom. The Balaban J connectivity index is 1.63. The molecule has 2 aromatic rings. The minimum absolute atomic E-state index is 0.0310. The van der Waals surface area contributed by atoms with Gasteiger partial charge in [-0.1, -0.05) is 24.1 Å². The van der Waals surface area contributed by atoms with Gasteiger partial charge in [-0.05, 0) is 62.3 Å². The first-order valence-electron chi connectivity index (χ1n) is 10.9. The third-order valence-electron chi connectivity index (χ3n) is 6.64. The third-order valence-corrected chi connectivity index (χ3v) is 8.41. The maximum atomic E-state index is 13.6. The van der Waals surface area contributed by atoms with Gasteiger partial charge in [-0.2, -0.15) is 0 Å². The van der Waals surface area contributed by atoms with Gasteiger partial charge in [-0.25, -0.2) is 8.42 Å². The van der Waals surface area contributed by atoms with E-state index in [-0.39, 0.29) is 23.4 Å². The highest BCUT2D eigenvalue weighted by molar-refractivity contribution is 7.92. The lowest BCUT2D eigenvalue weighted by molar-refractivity contribution is -0.120. The fourth-order valence-electron chi connectivity index (χ4n) is 4.93. The zero-order valence-electron chi connectivity index (χ0n) is 18.7. The molecule has 2 saturated carbocycles. The van der Waals surface area contributed by atoms with E-state index in [1.54, 1.807) is 18.2 Å². The summed E-state index contributed by atoms with van der Waals surface area (Å²) >= 11 is 0. The first-order chi connectivity index (χ1) is 15.3. The first kappa shape index (κ1) is 22.5. The lowest BCUT2D eigenvalue weighted by Gasteiger charge is -2.27. The van der Waals surface area contributed by atoms with Crippen molar-refractivity contribution in [2.45, 2.75) is 43.5 Å². The minimum Gasteiger partial charge on any atom is -0.493 e. The summed E-state index contributed by atoms with van der Waals surface area (Å²) < 4.78 is 38.9. The molecule has 0 heterocycles. The van der Waals surface area contributed by atoms with E-state index in [2.05, 4.69) is 5.32 Å². The Labute approximate surface area is 189 Å². The number of amides is 1. The third kappa shape index (κ3) is 4.41. The Hall–Kier alpha value is -2.74. The molecule has 0 aromatic heterocycles. The number of anilines is 1. The van der Waals surface area contributed by atoms with Crippen molar-refractivity contribution in [1.82, 2.24) is 5.32 Å². The molecule has 2 fully saturated rings. The van der Waals surface area contributed by atoms with Crippen LogP contribution >= 0.6 is 0 Å². The predicted octanol–water partition coefficient (Wildman–Crippen LogP) is 3.51. The number of nitrogens with one attached hydrogen (secondary N) is 1. The van der Waals surface area contributed by atoms with Gasteiger partial charge in [0.2, 0.25) is 5.91 Å². The molecular weight excluding hydrogens is 428 g/mol. The first-order valence-corrected chi connectivity index (χ1v) is 12.4. The maximum absolute atomic E-state index is 13.6. The molecule has 3 atom stereocenters. The summed E-state index contributed by atoms with van der Waals surface area (Å²) in [6.45, 7) is 1.65. The van der Waals surface area contributed by atoms with Crippen LogP contribution in [0.4, 0.5) is 5.69 Å². The number of ether oxygens (including phenoxy) is 2. The van der Waals surface area contributed by atoms with Gasteiger partial charge in [0.15, 0.2) is 11.5 Å². The van der Waals surface area contributed by atoms with Crippen molar-refractivity contribution < 1.29 is 22.7 Å². The van der Waals surface area contributed by atoms with Crippen molar-refractivity contribution >= 4 is 21.6 Å². The molecule has 2 aliphatic rings. The molecule has 32 heavy (non-hydrogen) atoms. The zero-order valence-corrected chi connectivity index (χ0v) is 19.5. The van der Waals surface area contributed by atoms with Gasteiger partial charge in [0.1, 0.15) is 6.54 Å². The van der Waals surface area contributed by atoms with Crippen molar-refractivity contribution in [2.75, 3.05) is 25.1 Å². The number of carbonyl (C=O) groups is 1. The van der Waals surface area contributed by atoms with E-state index in [0.717, 1.165) is 29.1 Å². The van der Waals surface area contributed by atoms with E-state index in [4.69, 9.17) is 9.47 Å². The zero-order chi connectivity index (χ0) is 22.9. The van der Waals surface area contributed by atoms with Gasteiger partial charge in [-0.3, -0.25) is 9.10 Å². The van der Waals surface area contributed by atoms with Gasteiger partial charge in [0.05, 0.1) is 24.8 Å². The highest BCUT2D eigenvalue weighted by Gasteiger charge is 2.40. The van der Waals surface area contributed by atoms with Crippen LogP contribution in [0, 0.1) is 18.8 Å². The molecule has 0 saturated heterocycles. The number of sulfonamides is 1. The molecule has 2 aliphatic carbocycles. The van der Waals surface area contributed by atoms with Crippen LogP contribution in [-0.4, -0.2) is 41.1 Å². The summed E-state index contributed by atoms with van der Waals surface area (Å²) in [7, 11) is -1.08. The molecule has 1 unspecified atom stereocenters. The molecular formula is C24H30N2O5S. The molecule has 2 aromatic carbocycles. The van der Waals surface area contributed by atoms with Gasteiger partial charge in [-0.15, -0.1) is 0 Å². The Kier molecular flexibility index (Phi) is 6.33. The van der Waals surface area contributed by atoms with E-state index in [1.165, 1.54) is 32.8 Å². The summed E-state index contributed by atoms with van der Waals surface area (Å²) in [5.41, 5.74) is 1.44. The van der Waals surface area contributed by atoms with Crippen molar-refractivity contribution in [3.05, 3.63) is 48.0 Å². The normalized spacial score (nSPS) is 21.9. The second-order valence-electron chi connectivity index (χ2n) is 8.71. The van der Waals surface area contributed by atoms with Crippen LogP contribution in [0.2, 0.25) is 0 Å². The maximum Gasteiger partial charge on any atom is 0.264 e. The van der Waals surface area contributed by atoms with Crippen molar-refractivity contribution in [3.8, 4) is 11.5 Å². The number of carbonyl (C=O) groups excluding carboxylic acids is 1. The highest BCUT2D eigenvalue weighted by atomic mass is 32.2. The molecule has 1 N–H and O–H groups in total. The standard InChI is InChI=1S/C24H30N2O5S/c1-16-4-8-19(9-5-16)26(15-24(27)25-21-13-17-6-7-18(21)12-17)32(28,29)20-10-11-22(30-2)23(14-20)31-3/h4-5,8-11,14,17-18,21H,6-7,12-13,15H2,1-3H3,(H,25,27)/t17-,18+,21?/m1/s1. The number of aryl methyl sites for hydroxylation is 1. The number of rotatable bonds is 8. The average molecular weight is 459 g/mol.